The van der Waals surface area contributed by atoms with E-state index in [1.165, 1.54) is 23.1 Å². The number of cyclic esters (lactones) is 1. The van der Waals surface area contributed by atoms with Gasteiger partial charge in [-0.15, -0.1) is 0 Å². The molecule has 2 heterocycles. The van der Waals surface area contributed by atoms with E-state index in [1.54, 1.807) is 11.0 Å². The van der Waals surface area contributed by atoms with Crippen molar-refractivity contribution in [1.29, 1.82) is 5.26 Å². The SMILES string of the molecule is N#CC=C1CCN(c2ccc(N3CC(CN)OC3=O)cc2F)C[C@H]1F. The lowest BCUT2D eigenvalue weighted by Crippen LogP contribution is -2.38. The number of benzene rings is 1. The van der Waals surface area contributed by atoms with Crippen molar-refractivity contribution in [2.45, 2.75) is 18.7 Å². The fourth-order valence-electron chi connectivity index (χ4n) is 3.06. The van der Waals surface area contributed by atoms with E-state index < -0.39 is 24.2 Å². The minimum atomic E-state index is -1.30. The second-order valence-corrected chi connectivity index (χ2v) is 6.00. The van der Waals surface area contributed by atoms with Crippen LogP contribution in [0.1, 0.15) is 6.42 Å². The normalized spacial score (nSPS) is 25.2. The third kappa shape index (κ3) is 3.42. The number of alkyl halides is 1. The standard InChI is InChI=1S/C17H18F2N4O2/c18-14-7-12(23-9-13(8-21)25-17(23)24)1-2-16(14)22-6-4-11(3-5-20)15(19)10-22/h1-3,7,13,15H,4,6,8-10,21H2/t13?,15-/m1/s1. The molecule has 0 bridgehead atoms. The number of carbonyl (C=O) groups excluding carboxylic acids is 1. The Morgan fingerprint density at radius 1 is 1.44 bits per heavy atom. The maximum absolute atomic E-state index is 14.5. The Labute approximate surface area is 144 Å². The number of nitrogens with two attached hydrogens (primary N) is 1. The molecule has 2 atom stereocenters. The zero-order valence-corrected chi connectivity index (χ0v) is 13.5. The molecule has 2 aliphatic rings. The molecule has 25 heavy (non-hydrogen) atoms. The Morgan fingerprint density at radius 3 is 2.84 bits per heavy atom. The number of piperidine rings is 1. The molecule has 3 rings (SSSR count). The Morgan fingerprint density at radius 2 is 2.24 bits per heavy atom. The lowest BCUT2D eigenvalue weighted by molar-refractivity contribution is 0.145. The van der Waals surface area contributed by atoms with Crippen molar-refractivity contribution in [3.63, 3.8) is 0 Å². The molecule has 0 spiro atoms. The number of halogens is 2. The van der Waals surface area contributed by atoms with E-state index in [1.807, 2.05) is 6.07 Å². The lowest BCUT2D eigenvalue weighted by atomic mass is 10.0. The predicted octanol–water partition coefficient (Wildman–Crippen LogP) is 2.11. The highest BCUT2D eigenvalue weighted by Crippen LogP contribution is 2.31. The summed E-state index contributed by atoms with van der Waals surface area (Å²) in [5.41, 5.74) is 6.57. The minimum Gasteiger partial charge on any atom is -0.443 e. The van der Waals surface area contributed by atoms with Gasteiger partial charge in [-0.1, -0.05) is 0 Å². The van der Waals surface area contributed by atoms with Crippen LogP contribution in [0.2, 0.25) is 0 Å². The number of anilines is 2. The van der Waals surface area contributed by atoms with E-state index in [9.17, 15) is 13.6 Å². The number of hydrogen-bond donors (Lipinski definition) is 1. The average molecular weight is 348 g/mol. The third-order valence-electron chi connectivity index (χ3n) is 4.42. The van der Waals surface area contributed by atoms with Gasteiger partial charge in [-0.05, 0) is 30.2 Å². The van der Waals surface area contributed by atoms with Gasteiger partial charge in [0.2, 0.25) is 0 Å². The first-order chi connectivity index (χ1) is 12.0. The average Bonchev–Trinajstić information content (AvgIpc) is 2.98. The van der Waals surface area contributed by atoms with Gasteiger partial charge in [0.1, 0.15) is 18.1 Å². The first-order valence-corrected chi connectivity index (χ1v) is 7.98. The van der Waals surface area contributed by atoms with Crippen molar-refractivity contribution in [3.05, 3.63) is 35.7 Å². The molecule has 0 aliphatic carbocycles. The fourth-order valence-corrected chi connectivity index (χ4v) is 3.06. The smallest absolute Gasteiger partial charge is 0.414 e. The van der Waals surface area contributed by atoms with Crippen LogP contribution in [0.3, 0.4) is 0 Å². The summed E-state index contributed by atoms with van der Waals surface area (Å²) in [5, 5.41) is 8.64. The van der Waals surface area contributed by atoms with E-state index in [4.69, 9.17) is 15.7 Å². The summed E-state index contributed by atoms with van der Waals surface area (Å²) in [6, 6.07) is 6.20. The number of allylic oxidation sites excluding steroid dienone is 1. The molecule has 0 saturated carbocycles. The van der Waals surface area contributed by atoms with E-state index in [0.29, 0.717) is 24.2 Å². The van der Waals surface area contributed by atoms with E-state index in [-0.39, 0.29) is 25.3 Å². The number of ether oxygens (including phenoxy) is 1. The summed E-state index contributed by atoms with van der Waals surface area (Å²) in [7, 11) is 0. The minimum absolute atomic E-state index is 0.00914. The van der Waals surface area contributed by atoms with Crippen LogP contribution in [0.5, 0.6) is 0 Å². The zero-order valence-electron chi connectivity index (χ0n) is 13.5. The van der Waals surface area contributed by atoms with Gasteiger partial charge < -0.3 is 15.4 Å². The molecule has 1 aromatic carbocycles. The third-order valence-corrected chi connectivity index (χ3v) is 4.42. The Kier molecular flexibility index (Phi) is 4.86. The number of rotatable bonds is 3. The predicted molar refractivity (Wildman–Crippen MR) is 88.5 cm³/mol. The van der Waals surface area contributed by atoms with Crippen molar-refractivity contribution in [1.82, 2.24) is 0 Å². The van der Waals surface area contributed by atoms with Gasteiger partial charge in [0.15, 0.2) is 0 Å². The van der Waals surface area contributed by atoms with Crippen molar-refractivity contribution >= 4 is 17.5 Å². The summed E-state index contributed by atoms with van der Waals surface area (Å²) >= 11 is 0. The highest BCUT2D eigenvalue weighted by atomic mass is 19.1. The van der Waals surface area contributed by atoms with E-state index in [2.05, 4.69) is 0 Å². The first-order valence-electron chi connectivity index (χ1n) is 7.98. The summed E-state index contributed by atoms with van der Waals surface area (Å²) < 4.78 is 33.7. The van der Waals surface area contributed by atoms with Crippen LogP contribution in [-0.4, -0.2) is 44.5 Å². The molecule has 2 fully saturated rings. The second-order valence-electron chi connectivity index (χ2n) is 6.00. The van der Waals surface area contributed by atoms with Gasteiger partial charge in [-0.25, -0.2) is 13.6 Å². The van der Waals surface area contributed by atoms with Crippen LogP contribution < -0.4 is 15.5 Å². The number of amides is 1. The molecular weight excluding hydrogens is 330 g/mol. The molecular formula is C17H18F2N4O2. The largest absolute Gasteiger partial charge is 0.443 e. The molecule has 2 saturated heterocycles. The highest BCUT2D eigenvalue weighted by molar-refractivity contribution is 5.90. The summed E-state index contributed by atoms with van der Waals surface area (Å²) in [6.45, 7) is 0.885. The first kappa shape index (κ1) is 17.2. The number of nitriles is 1. The lowest BCUT2D eigenvalue weighted by Gasteiger charge is -2.32. The van der Waals surface area contributed by atoms with Gasteiger partial charge in [0.05, 0.1) is 30.5 Å². The zero-order chi connectivity index (χ0) is 18.0. The molecule has 1 amide bonds. The number of nitrogens with zero attached hydrogens (tertiary/aromatic N) is 3. The van der Waals surface area contributed by atoms with Crippen LogP contribution in [0, 0.1) is 17.1 Å². The molecule has 0 aromatic heterocycles. The summed E-state index contributed by atoms with van der Waals surface area (Å²) in [6.07, 6.45) is -0.682. The molecule has 2 aliphatic heterocycles. The quantitative estimate of drug-likeness (QED) is 0.846. The van der Waals surface area contributed by atoms with Gasteiger partial charge in [-0.3, -0.25) is 4.90 Å². The summed E-state index contributed by atoms with van der Waals surface area (Å²) in [4.78, 5) is 14.7. The summed E-state index contributed by atoms with van der Waals surface area (Å²) in [5.74, 6) is -0.540. The Bertz CT molecular complexity index is 747. The maximum atomic E-state index is 14.5. The Hall–Kier alpha value is -2.66. The van der Waals surface area contributed by atoms with Gasteiger partial charge >= 0.3 is 6.09 Å². The molecule has 1 aromatic rings. The molecule has 2 N–H and O–H groups in total. The van der Waals surface area contributed by atoms with Gasteiger partial charge in [0.25, 0.3) is 0 Å². The van der Waals surface area contributed by atoms with Crippen LogP contribution in [0.25, 0.3) is 0 Å². The topological polar surface area (TPSA) is 82.6 Å². The second kappa shape index (κ2) is 7.07. The van der Waals surface area contributed by atoms with Crippen LogP contribution >= 0.6 is 0 Å². The fraction of sp³-hybridized carbons (Fsp3) is 0.412. The van der Waals surface area contributed by atoms with Crippen molar-refractivity contribution in [2.24, 2.45) is 5.73 Å². The highest BCUT2D eigenvalue weighted by Gasteiger charge is 2.32. The molecule has 8 heteroatoms. The van der Waals surface area contributed by atoms with Crippen LogP contribution in [0.15, 0.2) is 29.8 Å². The van der Waals surface area contributed by atoms with E-state index >= 15 is 0 Å². The number of hydrogen-bond acceptors (Lipinski definition) is 5. The maximum Gasteiger partial charge on any atom is 0.414 e. The molecule has 1 unspecified atom stereocenters. The van der Waals surface area contributed by atoms with Crippen molar-refractivity contribution in [2.75, 3.05) is 36.0 Å². The van der Waals surface area contributed by atoms with Crippen molar-refractivity contribution in [3.8, 4) is 6.07 Å². The monoisotopic (exact) mass is 348 g/mol. The van der Waals surface area contributed by atoms with Crippen LogP contribution in [-0.2, 0) is 4.74 Å². The van der Waals surface area contributed by atoms with E-state index in [0.717, 1.165) is 0 Å². The molecule has 0 radical (unpaired) electrons. The van der Waals surface area contributed by atoms with Gasteiger partial charge in [-0.2, -0.15) is 5.26 Å². The van der Waals surface area contributed by atoms with Crippen LogP contribution in [0.4, 0.5) is 25.0 Å². The molecule has 132 valence electrons. The van der Waals surface area contributed by atoms with Crippen molar-refractivity contribution < 1.29 is 18.3 Å². The Balaban J connectivity index is 1.76. The van der Waals surface area contributed by atoms with Gasteiger partial charge in [0, 0.05) is 19.2 Å². The molecule has 6 nitrogen and oxygen atoms in total. The number of carbonyl (C=O) groups is 1.